The maximum absolute atomic E-state index is 11.5. The van der Waals surface area contributed by atoms with E-state index >= 15 is 0 Å². The molecule has 0 heterocycles. The number of carbonyl (C=O) groups is 3. The largest absolute Gasteiger partial charge is 0.462 e. The number of ether oxygens (including phenoxy) is 3. The van der Waals surface area contributed by atoms with E-state index in [1.54, 1.807) is 0 Å². The van der Waals surface area contributed by atoms with Crippen LogP contribution in [0.5, 0.6) is 0 Å². The summed E-state index contributed by atoms with van der Waals surface area (Å²) < 4.78 is 15.0. The van der Waals surface area contributed by atoms with Crippen molar-refractivity contribution in [2.24, 2.45) is 0 Å². The van der Waals surface area contributed by atoms with Gasteiger partial charge < -0.3 is 14.2 Å². The van der Waals surface area contributed by atoms with E-state index in [0.717, 1.165) is 0 Å². The van der Waals surface area contributed by atoms with Gasteiger partial charge in [0, 0.05) is 32.8 Å². The predicted molar refractivity (Wildman–Crippen MR) is 69.6 cm³/mol. The summed E-state index contributed by atoms with van der Waals surface area (Å²) >= 11 is 0. The van der Waals surface area contributed by atoms with E-state index in [1.807, 2.05) is 0 Å². The zero-order valence-corrected chi connectivity index (χ0v) is 11.6. The minimum atomic E-state index is -0.562. The summed E-state index contributed by atoms with van der Waals surface area (Å²) in [7, 11) is 0. The number of hydrogen-bond donors (Lipinski definition) is 0. The van der Waals surface area contributed by atoms with E-state index in [-0.39, 0.29) is 6.61 Å². The molecule has 2 unspecified atom stereocenters. The molecular weight excluding hydrogens is 264 g/mol. The summed E-state index contributed by atoms with van der Waals surface area (Å²) in [6.07, 6.45) is 2.47. The Kier molecular flexibility index (Phi) is 5.96. The van der Waals surface area contributed by atoms with Gasteiger partial charge >= 0.3 is 17.9 Å². The van der Waals surface area contributed by atoms with Crippen LogP contribution in [0.1, 0.15) is 26.7 Å². The lowest BCUT2D eigenvalue weighted by Gasteiger charge is -2.12. The van der Waals surface area contributed by atoms with Crippen LogP contribution in [0.2, 0.25) is 0 Å². The van der Waals surface area contributed by atoms with Gasteiger partial charge in [0.15, 0.2) is 0 Å². The van der Waals surface area contributed by atoms with Crippen LogP contribution >= 0.6 is 0 Å². The fraction of sp³-hybridized carbons (Fsp3) is 0.500. The van der Waals surface area contributed by atoms with Gasteiger partial charge in [0.05, 0.1) is 0 Å². The molecule has 0 aromatic heterocycles. The Hall–Kier alpha value is -2.11. The molecule has 0 saturated heterocycles. The third kappa shape index (κ3) is 5.26. The van der Waals surface area contributed by atoms with Crippen molar-refractivity contribution in [2.75, 3.05) is 6.61 Å². The first-order valence-electron chi connectivity index (χ1n) is 6.25. The second kappa shape index (κ2) is 7.47. The summed E-state index contributed by atoms with van der Waals surface area (Å²) in [4.78, 5) is 33.5. The van der Waals surface area contributed by atoms with Crippen molar-refractivity contribution in [3.05, 3.63) is 24.3 Å². The topological polar surface area (TPSA) is 78.9 Å². The minimum Gasteiger partial charge on any atom is -0.462 e. The third-order valence-corrected chi connectivity index (χ3v) is 2.64. The molecule has 20 heavy (non-hydrogen) atoms. The number of esters is 3. The Morgan fingerprint density at radius 3 is 2.45 bits per heavy atom. The summed E-state index contributed by atoms with van der Waals surface area (Å²) in [6, 6.07) is 0. The van der Waals surface area contributed by atoms with Crippen LogP contribution in [0, 0.1) is 0 Å². The number of carbonyl (C=O) groups excluding carboxylic acids is 3. The second-order valence-corrected chi connectivity index (χ2v) is 4.41. The van der Waals surface area contributed by atoms with Crippen molar-refractivity contribution >= 4 is 17.9 Å². The van der Waals surface area contributed by atoms with Crippen molar-refractivity contribution in [2.45, 2.75) is 38.9 Å². The van der Waals surface area contributed by atoms with Crippen molar-refractivity contribution in [1.82, 2.24) is 0 Å². The Labute approximate surface area is 117 Å². The highest BCUT2D eigenvalue weighted by Crippen LogP contribution is 2.30. The first-order valence-corrected chi connectivity index (χ1v) is 6.25. The molecule has 2 atom stereocenters. The average Bonchev–Trinajstić information content (AvgIpc) is 2.66. The molecule has 0 bridgehead atoms. The SMILES string of the molecule is C=CCOC(=O)/C=C1/CC(OC(C)=O)CC1OC(C)=O. The first kappa shape index (κ1) is 15.9. The van der Waals surface area contributed by atoms with Gasteiger partial charge in [-0.2, -0.15) is 0 Å². The van der Waals surface area contributed by atoms with Crippen LogP contribution < -0.4 is 0 Å². The monoisotopic (exact) mass is 282 g/mol. The Morgan fingerprint density at radius 2 is 1.90 bits per heavy atom. The molecule has 0 radical (unpaired) electrons. The molecule has 0 aromatic carbocycles. The summed E-state index contributed by atoms with van der Waals surface area (Å²) in [5, 5.41) is 0. The van der Waals surface area contributed by atoms with Gasteiger partial charge in [-0.25, -0.2) is 4.79 Å². The van der Waals surface area contributed by atoms with E-state index in [0.29, 0.717) is 18.4 Å². The molecule has 6 nitrogen and oxygen atoms in total. The molecular formula is C14H18O6. The quantitative estimate of drug-likeness (QED) is 0.327. The summed E-state index contributed by atoms with van der Waals surface area (Å²) in [5.74, 6) is -1.41. The molecule has 110 valence electrons. The van der Waals surface area contributed by atoms with Crippen LogP contribution in [0.15, 0.2) is 24.3 Å². The molecule has 0 N–H and O–H groups in total. The maximum atomic E-state index is 11.5. The smallest absolute Gasteiger partial charge is 0.331 e. The van der Waals surface area contributed by atoms with Crippen molar-refractivity contribution in [1.29, 1.82) is 0 Å². The zero-order chi connectivity index (χ0) is 15.1. The first-order chi connectivity index (χ1) is 9.42. The molecule has 1 rings (SSSR count). The molecule has 0 aromatic rings. The van der Waals surface area contributed by atoms with Crippen molar-refractivity contribution in [3.8, 4) is 0 Å². The van der Waals surface area contributed by atoms with Crippen LogP contribution in [-0.2, 0) is 28.6 Å². The van der Waals surface area contributed by atoms with Crippen LogP contribution in [-0.4, -0.2) is 36.7 Å². The van der Waals surface area contributed by atoms with Gasteiger partial charge in [-0.15, -0.1) is 0 Å². The highest BCUT2D eigenvalue weighted by Gasteiger charge is 2.34. The molecule has 0 aliphatic heterocycles. The van der Waals surface area contributed by atoms with E-state index < -0.39 is 30.1 Å². The van der Waals surface area contributed by atoms with Gasteiger partial charge in [-0.3, -0.25) is 9.59 Å². The van der Waals surface area contributed by atoms with Gasteiger partial charge in [-0.05, 0) is 5.57 Å². The van der Waals surface area contributed by atoms with Gasteiger partial charge in [0.1, 0.15) is 18.8 Å². The normalized spacial score (nSPS) is 23.2. The molecule has 0 amide bonds. The molecule has 0 spiro atoms. The fourth-order valence-corrected chi connectivity index (χ4v) is 2.00. The van der Waals surface area contributed by atoms with Crippen molar-refractivity contribution in [3.63, 3.8) is 0 Å². The molecule has 1 aliphatic carbocycles. The highest BCUT2D eigenvalue weighted by molar-refractivity contribution is 5.83. The average molecular weight is 282 g/mol. The van der Waals surface area contributed by atoms with E-state index in [4.69, 9.17) is 14.2 Å². The number of rotatable bonds is 5. The predicted octanol–water partition coefficient (Wildman–Crippen LogP) is 1.30. The molecule has 1 aliphatic rings. The molecule has 1 fully saturated rings. The second-order valence-electron chi connectivity index (χ2n) is 4.41. The Bertz CT molecular complexity index is 437. The van der Waals surface area contributed by atoms with E-state index in [1.165, 1.54) is 26.0 Å². The lowest BCUT2D eigenvalue weighted by Crippen LogP contribution is -2.17. The van der Waals surface area contributed by atoms with Gasteiger partial charge in [-0.1, -0.05) is 12.7 Å². The lowest BCUT2D eigenvalue weighted by molar-refractivity contribution is -0.148. The summed E-state index contributed by atoms with van der Waals surface area (Å²) in [5.41, 5.74) is 0.584. The van der Waals surface area contributed by atoms with E-state index in [2.05, 4.69) is 6.58 Å². The fourth-order valence-electron chi connectivity index (χ4n) is 2.00. The van der Waals surface area contributed by atoms with E-state index in [9.17, 15) is 14.4 Å². The molecule has 1 saturated carbocycles. The van der Waals surface area contributed by atoms with Crippen LogP contribution in [0.3, 0.4) is 0 Å². The number of hydrogen-bond acceptors (Lipinski definition) is 6. The summed E-state index contributed by atoms with van der Waals surface area (Å²) in [6.45, 7) is 6.14. The third-order valence-electron chi connectivity index (χ3n) is 2.64. The lowest BCUT2D eigenvalue weighted by atomic mass is 10.2. The van der Waals surface area contributed by atoms with Crippen LogP contribution in [0.4, 0.5) is 0 Å². The van der Waals surface area contributed by atoms with Gasteiger partial charge in [0.2, 0.25) is 0 Å². The molecule has 6 heteroatoms. The Morgan fingerprint density at radius 1 is 1.25 bits per heavy atom. The maximum Gasteiger partial charge on any atom is 0.331 e. The standard InChI is InChI=1S/C14H18O6/c1-4-5-18-14(17)7-11-6-12(19-9(2)15)8-13(11)20-10(3)16/h4,7,12-13H,1,5-6,8H2,2-3H3/b11-7-. The van der Waals surface area contributed by atoms with Crippen molar-refractivity contribution < 1.29 is 28.6 Å². The Balaban J connectivity index is 2.74. The van der Waals surface area contributed by atoms with Crippen LogP contribution in [0.25, 0.3) is 0 Å². The highest BCUT2D eigenvalue weighted by atomic mass is 16.6. The van der Waals surface area contributed by atoms with Gasteiger partial charge in [0.25, 0.3) is 0 Å². The zero-order valence-electron chi connectivity index (χ0n) is 11.6. The minimum absolute atomic E-state index is 0.105.